The van der Waals surface area contributed by atoms with Gasteiger partial charge in [0.15, 0.2) is 5.78 Å². The van der Waals surface area contributed by atoms with Gasteiger partial charge in [0.2, 0.25) is 5.78 Å². The van der Waals surface area contributed by atoms with E-state index in [9.17, 15) is 18.8 Å². The van der Waals surface area contributed by atoms with Crippen LogP contribution in [0.4, 0.5) is 10.1 Å². The number of ketones is 2. The van der Waals surface area contributed by atoms with E-state index >= 15 is 0 Å². The van der Waals surface area contributed by atoms with Crippen LogP contribution in [-0.4, -0.2) is 17.5 Å². The van der Waals surface area contributed by atoms with Crippen molar-refractivity contribution in [3.8, 4) is 0 Å². The molecular formula is C38H52FNO3. The van der Waals surface area contributed by atoms with Gasteiger partial charge in [-0.3, -0.25) is 14.4 Å². The highest BCUT2D eigenvalue weighted by molar-refractivity contribution is 6.44. The third kappa shape index (κ3) is 4.07. The Morgan fingerprint density at radius 2 is 1.53 bits per heavy atom. The highest BCUT2D eigenvalue weighted by Gasteiger charge is 2.70. The quantitative estimate of drug-likeness (QED) is 0.357. The molecule has 0 heterocycles. The first-order valence-electron chi connectivity index (χ1n) is 16.9. The van der Waals surface area contributed by atoms with E-state index in [1.54, 1.807) is 0 Å². The molecule has 5 aliphatic carbocycles. The molecule has 4 fully saturated rings. The first-order chi connectivity index (χ1) is 20.0. The first kappa shape index (κ1) is 30.7. The van der Waals surface area contributed by atoms with Crippen LogP contribution in [-0.2, 0) is 14.4 Å². The van der Waals surface area contributed by atoms with E-state index in [2.05, 4.69) is 60.7 Å². The van der Waals surface area contributed by atoms with E-state index in [1.807, 2.05) is 0 Å². The van der Waals surface area contributed by atoms with E-state index in [0.29, 0.717) is 29.4 Å². The van der Waals surface area contributed by atoms with Crippen LogP contribution >= 0.6 is 0 Å². The molecule has 5 aliphatic rings. The van der Waals surface area contributed by atoms with Gasteiger partial charge in [-0.25, -0.2) is 4.39 Å². The van der Waals surface area contributed by atoms with Gasteiger partial charge in [-0.2, -0.15) is 0 Å². The van der Waals surface area contributed by atoms with Crippen LogP contribution < -0.4 is 5.32 Å². The number of rotatable bonds is 4. The number of fused-ring (bicyclic) bond motifs is 7. The Hall–Kier alpha value is -2.30. The van der Waals surface area contributed by atoms with Gasteiger partial charge in [0.05, 0.1) is 5.41 Å². The van der Waals surface area contributed by atoms with Crippen LogP contribution in [0.1, 0.15) is 113 Å². The zero-order valence-electron chi connectivity index (χ0n) is 27.7. The summed E-state index contributed by atoms with van der Waals surface area (Å²) in [6, 6.07) is 5.49. The topological polar surface area (TPSA) is 63.2 Å². The molecule has 0 unspecified atom stereocenters. The predicted molar refractivity (Wildman–Crippen MR) is 169 cm³/mol. The number of hydrogen-bond acceptors (Lipinski definition) is 3. The fourth-order valence-electron chi connectivity index (χ4n) is 12.0. The highest BCUT2D eigenvalue weighted by Crippen LogP contribution is 2.77. The van der Waals surface area contributed by atoms with Gasteiger partial charge in [-0.15, -0.1) is 0 Å². The monoisotopic (exact) mass is 589 g/mol. The second-order valence-corrected chi connectivity index (χ2v) is 16.8. The maximum absolute atomic E-state index is 14.3. The predicted octanol–water partition coefficient (Wildman–Crippen LogP) is 8.95. The van der Waals surface area contributed by atoms with Gasteiger partial charge in [0.25, 0.3) is 5.91 Å². The van der Waals surface area contributed by atoms with E-state index in [-0.39, 0.29) is 40.3 Å². The van der Waals surface area contributed by atoms with Gasteiger partial charge >= 0.3 is 0 Å². The maximum Gasteiger partial charge on any atom is 0.292 e. The van der Waals surface area contributed by atoms with Gasteiger partial charge in [-0.1, -0.05) is 55.4 Å². The Balaban J connectivity index is 1.40. The zero-order chi connectivity index (χ0) is 31.3. The van der Waals surface area contributed by atoms with Gasteiger partial charge < -0.3 is 5.32 Å². The maximum atomic E-state index is 14.3. The molecule has 43 heavy (non-hydrogen) atoms. The molecule has 4 saturated carbocycles. The molecule has 8 atom stereocenters. The normalized spacial score (nSPS) is 41.7. The first-order valence-corrected chi connectivity index (χ1v) is 16.9. The van der Waals surface area contributed by atoms with Crippen molar-refractivity contribution in [3.63, 3.8) is 0 Å². The summed E-state index contributed by atoms with van der Waals surface area (Å²) in [5, 5.41) is 2.73. The summed E-state index contributed by atoms with van der Waals surface area (Å²) in [5.41, 5.74) is 1.80. The largest absolute Gasteiger partial charge is 0.319 e. The molecule has 0 saturated heterocycles. The number of amides is 1. The molecule has 1 aromatic rings. The molecule has 4 nitrogen and oxygen atoms in total. The molecule has 1 N–H and O–H groups in total. The minimum Gasteiger partial charge on any atom is -0.319 e. The number of allylic oxidation sites excluding steroid dienone is 2. The number of nitrogens with one attached hydrogen (secondary N) is 1. The van der Waals surface area contributed by atoms with E-state index < -0.39 is 22.9 Å². The summed E-state index contributed by atoms with van der Waals surface area (Å²) >= 11 is 0. The van der Waals surface area contributed by atoms with Crippen molar-refractivity contribution in [1.82, 2.24) is 0 Å². The van der Waals surface area contributed by atoms with Crippen molar-refractivity contribution < 1.29 is 18.8 Å². The van der Waals surface area contributed by atoms with Crippen LogP contribution in [0.5, 0.6) is 0 Å². The number of halogens is 1. The standard InChI is InChI=1S/C38H52FNO3/c1-22(2)30-27(41)21-38(32(42)33(43)40-25-11-9-24(39)10-12-25)20-19-36(7)26(31(30)38)13-14-29-35(6)17-15-23(3)34(4,5)28(35)16-18-37(29,36)8/h9-12,22-23,26,28-29H,13-21H2,1-8H3,(H,40,43)/t23-,26+,28-,29+,35-,36+,37+,38+/m0/s1. The lowest BCUT2D eigenvalue weighted by atomic mass is 9.32. The second-order valence-electron chi connectivity index (χ2n) is 16.8. The number of benzene rings is 1. The molecule has 0 bridgehead atoms. The Morgan fingerprint density at radius 3 is 2.19 bits per heavy atom. The van der Waals surface area contributed by atoms with E-state index in [0.717, 1.165) is 36.3 Å². The molecule has 234 valence electrons. The lowest BCUT2D eigenvalue weighted by Gasteiger charge is -2.72. The summed E-state index contributed by atoms with van der Waals surface area (Å²) in [5.74, 6) is 0.609. The number of carbonyl (C=O) groups excluding carboxylic acids is 3. The Morgan fingerprint density at radius 1 is 0.860 bits per heavy atom. The van der Waals surface area contributed by atoms with Crippen molar-refractivity contribution in [2.24, 2.45) is 56.7 Å². The minimum absolute atomic E-state index is 0.000834. The average molecular weight is 590 g/mol. The molecule has 6 rings (SSSR count). The van der Waals surface area contributed by atoms with Crippen molar-refractivity contribution in [2.45, 2.75) is 113 Å². The van der Waals surface area contributed by atoms with Crippen molar-refractivity contribution in [1.29, 1.82) is 0 Å². The fraction of sp³-hybridized carbons (Fsp3) is 0.711. The lowest BCUT2D eigenvalue weighted by Crippen LogP contribution is -2.65. The lowest BCUT2D eigenvalue weighted by molar-refractivity contribution is -0.219. The summed E-state index contributed by atoms with van der Waals surface area (Å²) in [7, 11) is 0. The molecule has 0 aliphatic heterocycles. The third-order valence-electron chi connectivity index (χ3n) is 14.7. The van der Waals surface area contributed by atoms with Crippen molar-refractivity contribution in [2.75, 3.05) is 5.32 Å². The van der Waals surface area contributed by atoms with Gasteiger partial charge in [0.1, 0.15) is 5.82 Å². The van der Waals surface area contributed by atoms with E-state index in [1.165, 1.54) is 49.9 Å². The van der Waals surface area contributed by atoms with Gasteiger partial charge in [0, 0.05) is 12.1 Å². The van der Waals surface area contributed by atoms with Crippen molar-refractivity contribution in [3.05, 3.63) is 41.2 Å². The summed E-state index contributed by atoms with van der Waals surface area (Å²) < 4.78 is 13.5. The average Bonchev–Trinajstić information content (AvgIpc) is 3.25. The van der Waals surface area contributed by atoms with Crippen LogP contribution in [0.15, 0.2) is 35.4 Å². The summed E-state index contributed by atoms with van der Waals surface area (Å²) in [6.45, 7) is 19.2. The number of carbonyl (C=O) groups is 3. The van der Waals surface area contributed by atoms with Crippen LogP contribution in [0.3, 0.4) is 0 Å². The van der Waals surface area contributed by atoms with Crippen LogP contribution in [0.2, 0.25) is 0 Å². The van der Waals surface area contributed by atoms with Crippen LogP contribution in [0, 0.1) is 62.5 Å². The van der Waals surface area contributed by atoms with Gasteiger partial charge in [-0.05, 0) is 138 Å². The number of anilines is 1. The third-order valence-corrected chi connectivity index (χ3v) is 14.7. The highest BCUT2D eigenvalue weighted by atomic mass is 19.1. The Labute approximate surface area is 258 Å². The SMILES string of the molecule is CC(C)C1=C2[C@H]3CC[C@@H]4[C@@]5(C)CC[C@H](C)C(C)(C)[C@@H]5CC[C@@]4(C)[C@]3(C)CC[C@@]2(C(=O)C(=O)Nc2ccc(F)cc2)CC1=O. The summed E-state index contributed by atoms with van der Waals surface area (Å²) in [6.07, 6.45) is 8.57. The molecule has 0 radical (unpaired) electrons. The molecule has 0 spiro atoms. The second kappa shape index (κ2) is 9.85. The molecule has 5 heteroatoms. The fourth-order valence-corrected chi connectivity index (χ4v) is 12.0. The number of hydrogen-bond donors (Lipinski definition) is 1. The molecule has 1 amide bonds. The van der Waals surface area contributed by atoms with Crippen LogP contribution in [0.25, 0.3) is 0 Å². The molecule has 1 aromatic carbocycles. The molecule has 0 aromatic heterocycles. The minimum atomic E-state index is -1.07. The Kier molecular flexibility index (Phi) is 7.03. The smallest absolute Gasteiger partial charge is 0.292 e. The number of Topliss-reactive ketones (excluding diaryl/α,β-unsaturated/α-hetero) is 2. The molecular weight excluding hydrogens is 537 g/mol. The van der Waals surface area contributed by atoms with E-state index in [4.69, 9.17) is 0 Å². The zero-order valence-corrected chi connectivity index (χ0v) is 27.7. The van der Waals surface area contributed by atoms with Crippen molar-refractivity contribution >= 4 is 23.2 Å². The Bertz CT molecular complexity index is 1390. The summed E-state index contributed by atoms with van der Waals surface area (Å²) in [4.78, 5) is 41.7.